The third kappa shape index (κ3) is 6.23. The number of ether oxygens (including phenoxy) is 1. The molecule has 0 spiro atoms. The van der Waals surface area contributed by atoms with E-state index in [-0.39, 0.29) is 18.6 Å². The largest absolute Gasteiger partial charge is 0.457 e. The van der Waals surface area contributed by atoms with Gasteiger partial charge < -0.3 is 9.64 Å². The fraction of sp³-hybridized carbons (Fsp3) is 0.308. The van der Waals surface area contributed by atoms with Crippen molar-refractivity contribution < 1.29 is 9.53 Å². The van der Waals surface area contributed by atoms with Gasteiger partial charge >= 0.3 is 5.97 Å². The fourth-order valence-electron chi connectivity index (χ4n) is 4.19. The Morgan fingerprint density at radius 3 is 2.36 bits per heavy atom. The van der Waals surface area contributed by atoms with Gasteiger partial charge in [0.15, 0.2) is 0 Å². The molecule has 1 aliphatic rings. The molecular weight excluding hydrogens is 416 g/mol. The summed E-state index contributed by atoms with van der Waals surface area (Å²) in [5.74, 6) is -0.387. The first kappa shape index (κ1) is 22.6. The molecule has 0 aliphatic carbocycles. The molecule has 0 N–H and O–H groups in total. The summed E-state index contributed by atoms with van der Waals surface area (Å²) in [6.45, 7) is 4.32. The van der Waals surface area contributed by atoms with Crippen LogP contribution in [-0.4, -0.2) is 54.7 Å². The molecule has 1 unspecified atom stereocenters. The number of benzene rings is 2. The molecule has 33 heavy (non-hydrogen) atoms. The lowest BCUT2D eigenvalue weighted by atomic mass is 10.0. The van der Waals surface area contributed by atoms with Crippen LogP contribution in [0.1, 0.15) is 21.5 Å². The third-order valence-corrected chi connectivity index (χ3v) is 5.93. The fourth-order valence-corrected chi connectivity index (χ4v) is 4.19. The molecule has 1 aromatic heterocycles. The molecule has 1 atom stereocenters. The van der Waals surface area contributed by atoms with Crippen molar-refractivity contribution in [3.8, 4) is 0 Å². The zero-order valence-corrected chi connectivity index (χ0v) is 18.5. The highest BCUT2D eigenvalue weighted by Gasteiger charge is 2.24. The number of rotatable bonds is 9. The van der Waals surface area contributed by atoms with Gasteiger partial charge in [0.25, 0.3) is 0 Å². The van der Waals surface area contributed by atoms with Crippen molar-refractivity contribution in [2.24, 2.45) is 5.18 Å². The first-order valence-electron chi connectivity index (χ1n) is 11.2. The monoisotopic (exact) mass is 444 g/mol. The second-order valence-corrected chi connectivity index (χ2v) is 8.15. The third-order valence-electron chi connectivity index (χ3n) is 5.93. The molecule has 0 amide bonds. The summed E-state index contributed by atoms with van der Waals surface area (Å²) in [7, 11) is 0. The number of esters is 1. The molecule has 170 valence electrons. The maximum atomic E-state index is 12.8. The van der Waals surface area contributed by atoms with Crippen LogP contribution in [-0.2, 0) is 17.7 Å². The zero-order chi connectivity index (χ0) is 22.9. The lowest BCUT2D eigenvalue weighted by Crippen LogP contribution is -2.49. The molecule has 1 fully saturated rings. The predicted molar refractivity (Wildman–Crippen MR) is 128 cm³/mol. The van der Waals surface area contributed by atoms with Crippen LogP contribution in [0.4, 0.5) is 5.69 Å². The Kier molecular flexibility index (Phi) is 7.76. The van der Waals surface area contributed by atoms with Gasteiger partial charge in [-0.25, -0.2) is 4.79 Å². The number of carbonyl (C=O) groups excluding carboxylic acids is 1. The van der Waals surface area contributed by atoms with E-state index in [0.717, 1.165) is 37.3 Å². The molecule has 7 heteroatoms. The van der Waals surface area contributed by atoms with E-state index >= 15 is 0 Å². The van der Waals surface area contributed by atoms with Gasteiger partial charge in [0.2, 0.25) is 0 Å². The maximum absolute atomic E-state index is 12.8. The van der Waals surface area contributed by atoms with E-state index in [0.29, 0.717) is 18.5 Å². The van der Waals surface area contributed by atoms with Crippen molar-refractivity contribution in [1.82, 2.24) is 9.88 Å². The molecule has 0 radical (unpaired) electrons. The number of aromatic nitrogens is 1. The van der Waals surface area contributed by atoms with Gasteiger partial charge in [-0.05, 0) is 35.4 Å². The van der Waals surface area contributed by atoms with Crippen molar-refractivity contribution in [3.05, 3.63) is 101 Å². The normalized spacial score (nSPS) is 15.1. The number of anilines is 1. The lowest BCUT2D eigenvalue weighted by Gasteiger charge is -2.37. The molecule has 2 aromatic carbocycles. The van der Waals surface area contributed by atoms with Crippen molar-refractivity contribution in [1.29, 1.82) is 0 Å². The molecule has 0 saturated carbocycles. The number of hydrogen-bond donors (Lipinski definition) is 0. The van der Waals surface area contributed by atoms with Crippen LogP contribution < -0.4 is 4.90 Å². The Bertz CT molecular complexity index is 1040. The van der Waals surface area contributed by atoms with Crippen LogP contribution >= 0.6 is 0 Å². The SMILES string of the molecule is O=NCc1ccccc1CC(CN1CCN(c2ccccc2)CC1)OC(=O)c1cccnc1. The summed E-state index contributed by atoms with van der Waals surface area (Å²) >= 11 is 0. The molecule has 3 aromatic rings. The van der Waals surface area contributed by atoms with Crippen LogP contribution in [0.2, 0.25) is 0 Å². The van der Waals surface area contributed by atoms with Crippen molar-refractivity contribution >= 4 is 11.7 Å². The van der Waals surface area contributed by atoms with Crippen LogP contribution in [0.15, 0.2) is 84.3 Å². The number of nitrogens with zero attached hydrogens (tertiary/aromatic N) is 4. The lowest BCUT2D eigenvalue weighted by molar-refractivity contribution is 0.0198. The van der Waals surface area contributed by atoms with Gasteiger partial charge in [-0.3, -0.25) is 9.88 Å². The smallest absolute Gasteiger partial charge is 0.340 e. The van der Waals surface area contributed by atoms with Gasteiger partial charge in [0.05, 0.1) is 5.56 Å². The summed E-state index contributed by atoms with van der Waals surface area (Å²) in [5.41, 5.74) is 3.50. The van der Waals surface area contributed by atoms with Gasteiger partial charge in [-0.1, -0.05) is 47.6 Å². The van der Waals surface area contributed by atoms with Crippen molar-refractivity contribution in [2.45, 2.75) is 19.1 Å². The summed E-state index contributed by atoms with van der Waals surface area (Å²) in [6.07, 6.45) is 3.32. The minimum atomic E-state index is -0.387. The summed E-state index contributed by atoms with van der Waals surface area (Å²) in [4.78, 5) is 32.4. The molecule has 7 nitrogen and oxygen atoms in total. The minimum Gasteiger partial charge on any atom is -0.457 e. The van der Waals surface area contributed by atoms with Gasteiger partial charge in [0, 0.05) is 57.2 Å². The number of para-hydroxylation sites is 1. The van der Waals surface area contributed by atoms with Gasteiger partial charge in [0.1, 0.15) is 12.6 Å². The van der Waals surface area contributed by atoms with Crippen LogP contribution in [0.3, 0.4) is 0 Å². The maximum Gasteiger partial charge on any atom is 0.340 e. The van der Waals surface area contributed by atoms with Crippen molar-refractivity contribution in [2.75, 3.05) is 37.6 Å². The number of hydrogen-bond acceptors (Lipinski definition) is 7. The molecular formula is C26H28N4O3. The van der Waals surface area contributed by atoms with Crippen LogP contribution in [0.25, 0.3) is 0 Å². The highest BCUT2D eigenvalue weighted by Crippen LogP contribution is 2.19. The molecule has 1 saturated heterocycles. The second kappa shape index (κ2) is 11.3. The van der Waals surface area contributed by atoms with E-state index in [4.69, 9.17) is 4.74 Å². The first-order chi connectivity index (χ1) is 16.2. The van der Waals surface area contributed by atoms with E-state index in [1.165, 1.54) is 11.9 Å². The summed E-state index contributed by atoms with van der Waals surface area (Å²) in [6, 6.07) is 21.5. The Morgan fingerprint density at radius 1 is 0.939 bits per heavy atom. The highest BCUT2D eigenvalue weighted by atomic mass is 16.5. The number of nitroso groups, excluding NO2 is 1. The Balaban J connectivity index is 1.45. The summed E-state index contributed by atoms with van der Waals surface area (Å²) < 4.78 is 5.94. The Labute approximate surface area is 194 Å². The van der Waals surface area contributed by atoms with E-state index in [1.807, 2.05) is 30.3 Å². The van der Waals surface area contributed by atoms with Gasteiger partial charge in [-0.2, -0.15) is 4.91 Å². The quantitative estimate of drug-likeness (QED) is 0.368. The average molecular weight is 445 g/mol. The molecule has 0 bridgehead atoms. The average Bonchev–Trinajstić information content (AvgIpc) is 2.87. The van der Waals surface area contributed by atoms with Crippen LogP contribution in [0, 0.1) is 4.91 Å². The van der Waals surface area contributed by atoms with E-state index in [9.17, 15) is 9.70 Å². The standard InChI is InChI=1S/C26H28N4O3/c31-26(23-9-6-12-27-18-23)33-25(17-21-7-4-5-8-22(21)19-28-32)20-29-13-15-30(16-14-29)24-10-2-1-3-11-24/h1-12,18,25H,13-17,19-20H2. The van der Waals surface area contributed by atoms with Crippen LogP contribution in [0.5, 0.6) is 0 Å². The molecule has 4 rings (SSSR count). The summed E-state index contributed by atoms with van der Waals surface area (Å²) in [5, 5.41) is 3.05. The zero-order valence-electron chi connectivity index (χ0n) is 18.5. The van der Waals surface area contributed by atoms with Crippen molar-refractivity contribution in [3.63, 3.8) is 0 Å². The predicted octanol–water partition coefficient (Wildman–Crippen LogP) is 3.94. The minimum absolute atomic E-state index is 0.106. The van der Waals surface area contributed by atoms with Gasteiger partial charge in [-0.15, -0.1) is 0 Å². The second-order valence-electron chi connectivity index (χ2n) is 8.15. The Hall–Kier alpha value is -3.58. The molecule has 1 aliphatic heterocycles. The Morgan fingerprint density at radius 2 is 1.67 bits per heavy atom. The van der Waals surface area contributed by atoms with E-state index in [2.05, 4.69) is 44.2 Å². The first-order valence-corrected chi connectivity index (χ1v) is 11.2. The number of carbonyl (C=O) groups is 1. The molecule has 2 heterocycles. The number of piperazine rings is 1. The van der Waals surface area contributed by atoms with E-state index in [1.54, 1.807) is 18.3 Å². The van der Waals surface area contributed by atoms with E-state index < -0.39 is 0 Å². The number of pyridine rings is 1. The topological polar surface area (TPSA) is 75.1 Å². The highest BCUT2D eigenvalue weighted by molar-refractivity contribution is 5.89.